The van der Waals surface area contributed by atoms with Crippen molar-refractivity contribution in [3.63, 3.8) is 0 Å². The van der Waals surface area contributed by atoms with Crippen molar-refractivity contribution in [2.45, 2.75) is 13.3 Å². The van der Waals surface area contributed by atoms with Gasteiger partial charge in [-0.1, -0.05) is 33.6 Å². The smallest absolute Gasteiger partial charge is 0.185 e. The zero-order valence-electron chi connectivity index (χ0n) is 10.1. The molecule has 0 saturated carbocycles. The molecule has 0 unspecified atom stereocenters. The van der Waals surface area contributed by atoms with Gasteiger partial charge in [0.2, 0.25) is 0 Å². The number of halogens is 2. The summed E-state index contributed by atoms with van der Waals surface area (Å²) in [6.45, 7) is 1.86. The largest absolute Gasteiger partial charge is 0.292 e. The molecule has 18 heavy (non-hydrogen) atoms. The molecular weight excluding hydrogens is 316 g/mol. The Hall–Kier alpha value is -1.13. The van der Waals surface area contributed by atoms with E-state index in [1.54, 1.807) is 23.9 Å². The molecule has 2 rings (SSSR count). The summed E-state index contributed by atoms with van der Waals surface area (Å²) >= 11 is 9.44. The molecule has 0 aliphatic rings. The summed E-state index contributed by atoms with van der Waals surface area (Å²) in [5.41, 5.74) is 2.26. The van der Waals surface area contributed by atoms with Crippen molar-refractivity contribution in [2.75, 3.05) is 0 Å². The van der Waals surface area contributed by atoms with Crippen LogP contribution in [0, 0.1) is 6.92 Å². The van der Waals surface area contributed by atoms with Crippen LogP contribution in [0.1, 0.15) is 21.7 Å². The van der Waals surface area contributed by atoms with Crippen LogP contribution in [0.4, 0.5) is 0 Å². The number of Topliss-reactive ketones (excluding diaryl/α,β-unsaturated/α-hetero) is 1. The van der Waals surface area contributed by atoms with E-state index in [9.17, 15) is 4.79 Å². The van der Waals surface area contributed by atoms with Gasteiger partial charge in [-0.25, -0.2) is 0 Å². The number of aromatic nitrogens is 2. The van der Waals surface area contributed by atoms with Crippen LogP contribution in [-0.2, 0) is 13.5 Å². The first-order chi connectivity index (χ1) is 8.47. The van der Waals surface area contributed by atoms with Crippen molar-refractivity contribution in [2.24, 2.45) is 7.05 Å². The van der Waals surface area contributed by atoms with E-state index in [0.717, 1.165) is 15.7 Å². The topological polar surface area (TPSA) is 34.9 Å². The van der Waals surface area contributed by atoms with Crippen molar-refractivity contribution in [1.82, 2.24) is 9.78 Å². The maximum Gasteiger partial charge on any atom is 0.185 e. The van der Waals surface area contributed by atoms with Crippen LogP contribution < -0.4 is 0 Å². The van der Waals surface area contributed by atoms with E-state index in [2.05, 4.69) is 21.0 Å². The molecule has 2 aromatic rings. The molecule has 94 valence electrons. The number of benzene rings is 1. The van der Waals surface area contributed by atoms with Gasteiger partial charge in [0.1, 0.15) is 5.69 Å². The molecule has 0 aliphatic carbocycles. The average molecular weight is 328 g/mol. The van der Waals surface area contributed by atoms with E-state index in [1.807, 2.05) is 19.1 Å². The van der Waals surface area contributed by atoms with Gasteiger partial charge in [-0.15, -0.1) is 0 Å². The maximum atomic E-state index is 12.2. The minimum absolute atomic E-state index is 0.0160. The third kappa shape index (κ3) is 2.82. The van der Waals surface area contributed by atoms with Crippen LogP contribution in [0.2, 0.25) is 5.02 Å². The van der Waals surface area contributed by atoms with Gasteiger partial charge in [0, 0.05) is 23.0 Å². The summed E-state index contributed by atoms with van der Waals surface area (Å²) in [6, 6.07) is 7.31. The van der Waals surface area contributed by atoms with Gasteiger partial charge in [0.15, 0.2) is 5.78 Å². The highest BCUT2D eigenvalue weighted by molar-refractivity contribution is 9.10. The Balaban J connectivity index is 2.24. The lowest BCUT2D eigenvalue weighted by Gasteiger charge is -2.04. The highest BCUT2D eigenvalue weighted by Crippen LogP contribution is 2.22. The molecule has 0 atom stereocenters. The monoisotopic (exact) mass is 326 g/mol. The number of aryl methyl sites for hydroxylation is 2. The molecule has 1 aromatic heterocycles. The molecule has 1 aromatic carbocycles. The van der Waals surface area contributed by atoms with Crippen molar-refractivity contribution in [3.8, 4) is 0 Å². The van der Waals surface area contributed by atoms with Gasteiger partial charge in [-0.2, -0.15) is 5.10 Å². The first kappa shape index (κ1) is 13.3. The highest BCUT2D eigenvalue weighted by atomic mass is 79.9. The van der Waals surface area contributed by atoms with E-state index in [4.69, 9.17) is 11.6 Å². The zero-order valence-corrected chi connectivity index (χ0v) is 12.4. The van der Waals surface area contributed by atoms with Crippen LogP contribution in [0.5, 0.6) is 0 Å². The second kappa shape index (κ2) is 5.24. The number of nitrogens with zero attached hydrogens (tertiary/aromatic N) is 2. The second-order valence-corrected chi connectivity index (χ2v) is 5.45. The predicted molar refractivity (Wildman–Crippen MR) is 75.1 cm³/mol. The van der Waals surface area contributed by atoms with Crippen molar-refractivity contribution in [3.05, 3.63) is 50.7 Å². The molecule has 0 fully saturated rings. The molecule has 0 aliphatic heterocycles. The molecule has 3 nitrogen and oxygen atoms in total. The lowest BCUT2D eigenvalue weighted by Crippen LogP contribution is -2.09. The summed E-state index contributed by atoms with van der Waals surface area (Å²) < 4.78 is 2.50. The minimum Gasteiger partial charge on any atom is -0.292 e. The summed E-state index contributed by atoms with van der Waals surface area (Å²) in [5.74, 6) is 0.0160. The fourth-order valence-corrected chi connectivity index (χ4v) is 2.54. The van der Waals surface area contributed by atoms with Crippen LogP contribution >= 0.6 is 27.5 Å². The standard InChI is InChI=1S/C13H12BrClN2O/c1-8-5-12(17(2)16-8)13(18)6-9-3-4-10(14)7-11(9)15/h3-5,7H,6H2,1-2H3. The molecule has 0 spiro atoms. The van der Waals surface area contributed by atoms with Crippen LogP contribution in [-0.4, -0.2) is 15.6 Å². The third-order valence-electron chi connectivity index (χ3n) is 2.65. The maximum absolute atomic E-state index is 12.2. The van der Waals surface area contributed by atoms with E-state index in [1.165, 1.54) is 0 Å². The molecule has 1 heterocycles. The van der Waals surface area contributed by atoms with Crippen LogP contribution in [0.25, 0.3) is 0 Å². The molecule has 0 bridgehead atoms. The van der Waals surface area contributed by atoms with Crippen LogP contribution in [0.15, 0.2) is 28.7 Å². The van der Waals surface area contributed by atoms with Crippen molar-refractivity contribution in [1.29, 1.82) is 0 Å². The van der Waals surface area contributed by atoms with Crippen molar-refractivity contribution < 1.29 is 4.79 Å². The Morgan fingerprint density at radius 1 is 1.44 bits per heavy atom. The SMILES string of the molecule is Cc1cc(C(=O)Cc2ccc(Br)cc2Cl)n(C)n1. The molecular formula is C13H12BrClN2O. The van der Waals surface area contributed by atoms with E-state index < -0.39 is 0 Å². The molecule has 0 saturated heterocycles. The number of carbonyl (C=O) groups is 1. The quantitative estimate of drug-likeness (QED) is 0.808. The summed E-state index contributed by atoms with van der Waals surface area (Å²) in [5, 5.41) is 4.76. The number of rotatable bonds is 3. The Kier molecular flexibility index (Phi) is 3.88. The fourth-order valence-electron chi connectivity index (χ4n) is 1.80. The summed E-state index contributed by atoms with van der Waals surface area (Å²) in [6.07, 6.45) is 0.283. The number of hydrogen-bond acceptors (Lipinski definition) is 2. The van der Waals surface area contributed by atoms with Crippen molar-refractivity contribution >= 4 is 33.3 Å². The first-order valence-electron chi connectivity index (χ1n) is 5.45. The fraction of sp³-hybridized carbons (Fsp3) is 0.231. The Labute approximate surface area is 119 Å². The lowest BCUT2D eigenvalue weighted by molar-refractivity contribution is 0.0984. The molecule has 0 radical (unpaired) electrons. The Bertz CT molecular complexity index is 607. The number of hydrogen-bond donors (Lipinski definition) is 0. The number of ketones is 1. The predicted octanol–water partition coefficient (Wildman–Crippen LogP) is 3.57. The molecule has 5 heteroatoms. The van der Waals surface area contributed by atoms with Gasteiger partial charge in [0.25, 0.3) is 0 Å². The Morgan fingerprint density at radius 3 is 2.72 bits per heavy atom. The van der Waals surface area contributed by atoms with E-state index in [0.29, 0.717) is 10.7 Å². The van der Waals surface area contributed by atoms with Gasteiger partial charge < -0.3 is 0 Å². The number of carbonyl (C=O) groups excluding carboxylic acids is 1. The summed E-state index contributed by atoms with van der Waals surface area (Å²) in [7, 11) is 1.77. The van der Waals surface area contributed by atoms with Gasteiger partial charge >= 0.3 is 0 Å². The summed E-state index contributed by atoms with van der Waals surface area (Å²) in [4.78, 5) is 12.2. The van der Waals surface area contributed by atoms with Gasteiger partial charge in [-0.05, 0) is 30.7 Å². The third-order valence-corrected chi connectivity index (χ3v) is 3.50. The minimum atomic E-state index is 0.0160. The normalized spacial score (nSPS) is 10.7. The molecule has 0 N–H and O–H groups in total. The highest BCUT2D eigenvalue weighted by Gasteiger charge is 2.14. The van der Waals surface area contributed by atoms with Crippen LogP contribution in [0.3, 0.4) is 0 Å². The lowest BCUT2D eigenvalue weighted by atomic mass is 10.1. The average Bonchev–Trinajstić information content (AvgIpc) is 2.62. The second-order valence-electron chi connectivity index (χ2n) is 4.13. The van der Waals surface area contributed by atoms with Gasteiger partial charge in [0.05, 0.1) is 5.69 Å². The first-order valence-corrected chi connectivity index (χ1v) is 6.62. The van der Waals surface area contributed by atoms with E-state index in [-0.39, 0.29) is 12.2 Å². The van der Waals surface area contributed by atoms with E-state index >= 15 is 0 Å². The molecule has 0 amide bonds. The Morgan fingerprint density at radius 2 is 2.17 bits per heavy atom. The van der Waals surface area contributed by atoms with Gasteiger partial charge in [-0.3, -0.25) is 9.48 Å². The zero-order chi connectivity index (χ0) is 13.3.